The van der Waals surface area contributed by atoms with Crippen LogP contribution in [0, 0.1) is 0 Å². The Morgan fingerprint density at radius 3 is 3.14 bits per heavy atom. The number of carbonyl (C=O) groups is 1. The number of aromatic nitrogens is 1. The van der Waals surface area contributed by atoms with Crippen LogP contribution in [0.25, 0.3) is 16.3 Å². The Morgan fingerprint density at radius 2 is 2.38 bits per heavy atom. The molecule has 0 bridgehead atoms. The largest absolute Gasteiger partial charge is 0.373 e. The van der Waals surface area contributed by atoms with Crippen molar-refractivity contribution in [2.24, 2.45) is 0 Å². The van der Waals surface area contributed by atoms with Gasteiger partial charge in [0, 0.05) is 19.2 Å². The second kappa shape index (κ2) is 5.95. The van der Waals surface area contributed by atoms with Crippen molar-refractivity contribution >= 4 is 33.5 Å². The van der Waals surface area contributed by atoms with E-state index >= 15 is 0 Å². The minimum atomic E-state index is -0.209. The molecule has 1 aliphatic heterocycles. The number of ether oxygens (including phenoxy) is 1. The predicted molar refractivity (Wildman–Crippen MR) is 85.3 cm³/mol. The lowest BCUT2D eigenvalue weighted by Gasteiger charge is -2.22. The zero-order valence-corrected chi connectivity index (χ0v) is 12.8. The van der Waals surface area contributed by atoms with Crippen LogP contribution in [0.2, 0.25) is 0 Å². The second-order valence-electron chi connectivity index (χ2n) is 5.47. The highest BCUT2D eigenvalue weighted by molar-refractivity contribution is 7.19. The van der Waals surface area contributed by atoms with Crippen molar-refractivity contribution in [2.75, 3.05) is 13.2 Å². The molecular formula is C16H18N2O2S. The van der Waals surface area contributed by atoms with Crippen LogP contribution in [0.4, 0.5) is 0 Å². The fraction of sp³-hybridized carbons (Fsp3) is 0.375. The van der Waals surface area contributed by atoms with Gasteiger partial charge in [-0.25, -0.2) is 4.98 Å². The maximum atomic E-state index is 11.9. The van der Waals surface area contributed by atoms with Crippen molar-refractivity contribution in [3.8, 4) is 0 Å². The number of thiazole rings is 1. The summed E-state index contributed by atoms with van der Waals surface area (Å²) in [5.74, 6) is -0.106. The van der Waals surface area contributed by atoms with Crippen molar-refractivity contribution in [3.05, 3.63) is 35.3 Å². The van der Waals surface area contributed by atoms with Crippen LogP contribution in [-0.4, -0.2) is 29.6 Å². The molecule has 1 aliphatic rings. The molecule has 1 atom stereocenters. The molecule has 2 aromatic rings. The molecule has 21 heavy (non-hydrogen) atoms. The van der Waals surface area contributed by atoms with Gasteiger partial charge in [-0.1, -0.05) is 12.1 Å². The SMILES string of the molecule is CC1(CNC(=O)/C=C/c2nc3ccccc3s2)CCCO1. The van der Waals surface area contributed by atoms with Gasteiger partial charge >= 0.3 is 0 Å². The standard InChI is InChI=1S/C16H18N2O2S/c1-16(9-4-10-20-16)11-17-14(19)7-8-15-18-12-5-2-3-6-13(12)21-15/h2-3,5-8H,4,9-11H2,1H3,(H,17,19)/b8-7+. The first-order chi connectivity index (χ1) is 10.1. The Kier molecular flexibility index (Phi) is 4.03. The van der Waals surface area contributed by atoms with Crippen LogP contribution in [-0.2, 0) is 9.53 Å². The Labute approximate surface area is 127 Å². The average molecular weight is 302 g/mol. The number of amides is 1. The molecule has 2 heterocycles. The van der Waals surface area contributed by atoms with Gasteiger partial charge in [0.1, 0.15) is 5.01 Å². The first kappa shape index (κ1) is 14.2. The van der Waals surface area contributed by atoms with E-state index in [1.54, 1.807) is 17.4 Å². The van der Waals surface area contributed by atoms with Crippen molar-refractivity contribution in [1.29, 1.82) is 0 Å². The summed E-state index contributed by atoms with van der Waals surface area (Å²) in [7, 11) is 0. The summed E-state index contributed by atoms with van der Waals surface area (Å²) >= 11 is 1.58. The number of benzene rings is 1. The van der Waals surface area contributed by atoms with Gasteiger partial charge in [0.05, 0.1) is 15.8 Å². The van der Waals surface area contributed by atoms with E-state index in [4.69, 9.17) is 4.74 Å². The molecule has 1 amide bonds. The molecule has 1 unspecified atom stereocenters. The average Bonchev–Trinajstić information content (AvgIpc) is 3.09. The minimum Gasteiger partial charge on any atom is -0.373 e. The molecule has 1 fully saturated rings. The lowest BCUT2D eigenvalue weighted by atomic mass is 10.0. The quantitative estimate of drug-likeness (QED) is 0.883. The number of hydrogen-bond donors (Lipinski definition) is 1. The van der Waals surface area contributed by atoms with E-state index in [1.165, 1.54) is 6.08 Å². The number of fused-ring (bicyclic) bond motifs is 1. The third-order valence-corrected chi connectivity index (χ3v) is 4.63. The van der Waals surface area contributed by atoms with Crippen LogP contribution in [0.3, 0.4) is 0 Å². The smallest absolute Gasteiger partial charge is 0.244 e. The first-order valence-electron chi connectivity index (χ1n) is 7.10. The monoisotopic (exact) mass is 302 g/mol. The second-order valence-corrected chi connectivity index (χ2v) is 6.54. The molecule has 1 aromatic heterocycles. The van der Waals surface area contributed by atoms with Gasteiger partial charge in [-0.2, -0.15) is 0 Å². The van der Waals surface area contributed by atoms with Crippen LogP contribution >= 0.6 is 11.3 Å². The summed E-state index contributed by atoms with van der Waals surface area (Å²) < 4.78 is 6.77. The molecule has 0 saturated carbocycles. The van der Waals surface area contributed by atoms with Crippen molar-refractivity contribution in [2.45, 2.75) is 25.4 Å². The molecule has 0 spiro atoms. The lowest BCUT2D eigenvalue weighted by Crippen LogP contribution is -2.39. The van der Waals surface area contributed by atoms with Crippen LogP contribution in [0.5, 0.6) is 0 Å². The molecule has 1 N–H and O–H groups in total. The van der Waals surface area contributed by atoms with Gasteiger partial charge in [0.15, 0.2) is 0 Å². The Hall–Kier alpha value is -1.72. The molecule has 110 valence electrons. The summed E-state index contributed by atoms with van der Waals surface area (Å²) in [6.07, 6.45) is 5.36. The Bertz CT molecular complexity index is 639. The van der Waals surface area contributed by atoms with Gasteiger partial charge in [0.2, 0.25) is 5.91 Å². The molecule has 3 rings (SSSR count). The third kappa shape index (κ3) is 3.49. The van der Waals surface area contributed by atoms with Crippen molar-refractivity contribution < 1.29 is 9.53 Å². The predicted octanol–water partition coefficient (Wildman–Crippen LogP) is 2.99. The Balaban J connectivity index is 1.58. The summed E-state index contributed by atoms with van der Waals surface area (Å²) in [5, 5.41) is 3.74. The number of nitrogens with one attached hydrogen (secondary N) is 1. The lowest BCUT2D eigenvalue weighted by molar-refractivity contribution is -0.117. The summed E-state index contributed by atoms with van der Waals surface area (Å²) in [6, 6.07) is 7.96. The van der Waals surface area contributed by atoms with Gasteiger partial charge < -0.3 is 10.1 Å². The van der Waals surface area contributed by atoms with E-state index in [0.717, 1.165) is 34.7 Å². The van der Waals surface area contributed by atoms with Crippen molar-refractivity contribution in [1.82, 2.24) is 10.3 Å². The number of rotatable bonds is 4. The number of nitrogens with zero attached hydrogens (tertiary/aromatic N) is 1. The fourth-order valence-electron chi connectivity index (χ4n) is 2.42. The number of hydrogen-bond acceptors (Lipinski definition) is 4. The van der Waals surface area contributed by atoms with E-state index in [-0.39, 0.29) is 11.5 Å². The molecular weight excluding hydrogens is 284 g/mol. The fourth-order valence-corrected chi connectivity index (χ4v) is 3.29. The van der Waals surface area contributed by atoms with Gasteiger partial charge in [-0.05, 0) is 38.0 Å². The minimum absolute atomic E-state index is 0.106. The van der Waals surface area contributed by atoms with E-state index in [9.17, 15) is 4.79 Å². The maximum Gasteiger partial charge on any atom is 0.244 e. The summed E-state index contributed by atoms with van der Waals surface area (Å²) in [5.41, 5.74) is 0.758. The van der Waals surface area contributed by atoms with E-state index < -0.39 is 0 Å². The van der Waals surface area contributed by atoms with Gasteiger partial charge in [-0.3, -0.25) is 4.79 Å². The van der Waals surface area contributed by atoms with Gasteiger partial charge in [0.25, 0.3) is 0 Å². The van der Waals surface area contributed by atoms with Crippen LogP contribution in [0.1, 0.15) is 24.8 Å². The molecule has 5 heteroatoms. The van der Waals surface area contributed by atoms with Crippen LogP contribution in [0.15, 0.2) is 30.3 Å². The molecule has 4 nitrogen and oxygen atoms in total. The topological polar surface area (TPSA) is 51.2 Å². The zero-order chi connectivity index (χ0) is 14.7. The number of carbonyl (C=O) groups excluding carboxylic acids is 1. The number of para-hydroxylation sites is 1. The van der Waals surface area contributed by atoms with Gasteiger partial charge in [-0.15, -0.1) is 11.3 Å². The molecule has 1 saturated heterocycles. The normalized spacial score (nSPS) is 22.1. The third-order valence-electron chi connectivity index (χ3n) is 3.62. The highest BCUT2D eigenvalue weighted by Gasteiger charge is 2.29. The highest BCUT2D eigenvalue weighted by atomic mass is 32.1. The zero-order valence-electron chi connectivity index (χ0n) is 12.0. The highest BCUT2D eigenvalue weighted by Crippen LogP contribution is 2.24. The molecule has 1 aromatic carbocycles. The molecule has 0 radical (unpaired) electrons. The summed E-state index contributed by atoms with van der Waals surface area (Å²) in [6.45, 7) is 3.38. The molecule has 0 aliphatic carbocycles. The van der Waals surface area contributed by atoms with Crippen LogP contribution < -0.4 is 5.32 Å². The van der Waals surface area contributed by atoms with E-state index in [1.807, 2.05) is 31.2 Å². The maximum absolute atomic E-state index is 11.9. The first-order valence-corrected chi connectivity index (χ1v) is 7.92. The van der Waals surface area contributed by atoms with E-state index in [2.05, 4.69) is 10.3 Å². The summed E-state index contributed by atoms with van der Waals surface area (Å²) in [4.78, 5) is 16.3. The van der Waals surface area contributed by atoms with Crippen molar-refractivity contribution in [3.63, 3.8) is 0 Å². The Morgan fingerprint density at radius 1 is 1.52 bits per heavy atom. The van der Waals surface area contributed by atoms with E-state index in [0.29, 0.717) is 6.54 Å².